The molecule has 1 N–H and O–H groups in total. The maximum atomic E-state index is 12.5. The molecule has 1 aliphatic rings. The second-order valence-corrected chi connectivity index (χ2v) is 7.44. The summed E-state index contributed by atoms with van der Waals surface area (Å²) in [7, 11) is 0. The van der Waals surface area contributed by atoms with Crippen LogP contribution >= 0.6 is 11.8 Å². The fourth-order valence-corrected chi connectivity index (χ4v) is 3.90. The molecule has 0 aromatic carbocycles. The highest BCUT2D eigenvalue weighted by Gasteiger charge is 2.25. The van der Waals surface area contributed by atoms with E-state index in [4.69, 9.17) is 4.42 Å². The molecule has 4 rings (SSSR count). The molecular formula is C18H20N6O2S. The summed E-state index contributed by atoms with van der Waals surface area (Å²) in [6, 6.07) is 5.63. The molecule has 4 heterocycles. The molecule has 1 fully saturated rings. The number of carbonyl (C=O) groups excluding carboxylic acids is 1. The van der Waals surface area contributed by atoms with Gasteiger partial charge >= 0.3 is 0 Å². The third-order valence-corrected chi connectivity index (χ3v) is 5.43. The van der Waals surface area contributed by atoms with Gasteiger partial charge in [-0.1, -0.05) is 11.8 Å². The molecule has 3 aromatic heterocycles. The van der Waals surface area contributed by atoms with E-state index in [-0.39, 0.29) is 5.91 Å². The van der Waals surface area contributed by atoms with Crippen molar-refractivity contribution in [1.29, 1.82) is 0 Å². The third kappa shape index (κ3) is 4.36. The Morgan fingerprint density at radius 1 is 1.26 bits per heavy atom. The Kier molecular flexibility index (Phi) is 5.47. The summed E-state index contributed by atoms with van der Waals surface area (Å²) in [6.45, 7) is 1.57. The molecule has 0 radical (unpaired) electrons. The fourth-order valence-electron chi connectivity index (χ4n) is 3.21. The lowest BCUT2D eigenvalue weighted by molar-refractivity contribution is -0.131. The summed E-state index contributed by atoms with van der Waals surface area (Å²) >= 11 is 1.41. The Balaban J connectivity index is 1.27. The number of aromatic nitrogens is 5. The Hall–Kier alpha value is -2.68. The molecule has 0 unspecified atom stereocenters. The van der Waals surface area contributed by atoms with E-state index in [0.717, 1.165) is 37.2 Å². The fraction of sp³-hybridized carbons (Fsp3) is 0.389. The van der Waals surface area contributed by atoms with Crippen LogP contribution < -0.4 is 0 Å². The van der Waals surface area contributed by atoms with E-state index in [1.807, 2.05) is 23.1 Å². The van der Waals surface area contributed by atoms with Crippen LogP contribution in [0.5, 0.6) is 0 Å². The minimum absolute atomic E-state index is 0.167. The van der Waals surface area contributed by atoms with Gasteiger partial charge in [0.1, 0.15) is 0 Å². The van der Waals surface area contributed by atoms with Gasteiger partial charge < -0.3 is 9.32 Å². The molecule has 9 heteroatoms. The molecule has 8 nitrogen and oxygen atoms in total. The second-order valence-electron chi connectivity index (χ2n) is 6.40. The van der Waals surface area contributed by atoms with Crippen molar-refractivity contribution in [2.24, 2.45) is 0 Å². The molecule has 0 aliphatic carbocycles. The minimum atomic E-state index is 0.167. The maximum Gasteiger partial charge on any atom is 0.276 e. The highest BCUT2D eigenvalue weighted by molar-refractivity contribution is 7.99. The van der Waals surface area contributed by atoms with Gasteiger partial charge in [0, 0.05) is 61.0 Å². The average Bonchev–Trinajstić information content (AvgIpc) is 3.41. The lowest BCUT2D eigenvalue weighted by Gasteiger charge is -2.32. The Labute approximate surface area is 160 Å². The number of nitrogens with zero attached hydrogens (tertiary/aromatic N) is 5. The quantitative estimate of drug-likeness (QED) is 0.652. The maximum absolute atomic E-state index is 12.5. The van der Waals surface area contributed by atoms with E-state index in [9.17, 15) is 4.79 Å². The summed E-state index contributed by atoms with van der Waals surface area (Å²) in [5, 5.41) is 15.6. The molecule has 27 heavy (non-hydrogen) atoms. The van der Waals surface area contributed by atoms with E-state index in [1.165, 1.54) is 11.8 Å². The van der Waals surface area contributed by atoms with Crippen molar-refractivity contribution in [3.8, 4) is 11.5 Å². The summed E-state index contributed by atoms with van der Waals surface area (Å²) < 4.78 is 5.64. The van der Waals surface area contributed by atoms with Crippen molar-refractivity contribution in [2.75, 3.05) is 18.8 Å². The van der Waals surface area contributed by atoms with Gasteiger partial charge in [0.2, 0.25) is 11.8 Å². The Morgan fingerprint density at radius 3 is 2.96 bits per heavy atom. The smallest absolute Gasteiger partial charge is 0.276 e. The minimum Gasteiger partial charge on any atom is -0.411 e. The number of amides is 1. The zero-order valence-corrected chi connectivity index (χ0v) is 15.6. The molecule has 3 aromatic rings. The van der Waals surface area contributed by atoms with Crippen LogP contribution in [0.15, 0.2) is 46.4 Å². The Bertz CT molecular complexity index is 867. The molecule has 0 spiro atoms. The largest absolute Gasteiger partial charge is 0.411 e. The molecule has 1 aliphatic heterocycles. The van der Waals surface area contributed by atoms with Gasteiger partial charge in [0.15, 0.2) is 0 Å². The van der Waals surface area contributed by atoms with Gasteiger partial charge in [-0.15, -0.1) is 10.2 Å². The number of hydrogen-bond donors (Lipinski definition) is 1. The first-order valence-corrected chi connectivity index (χ1v) is 9.92. The summed E-state index contributed by atoms with van der Waals surface area (Å²) in [6.07, 6.45) is 7.67. The standard InChI is InChI=1S/C18H20N6O2S/c25-16(24-10-1-2-14(12-24)15-5-9-20-21-15)6-11-27-18-23-22-17(26-18)13-3-7-19-8-4-13/h3-5,7-9,14H,1-2,6,10-12H2,(H,20,21)/t14-/m1/s1. The van der Waals surface area contributed by atoms with E-state index < -0.39 is 0 Å². The molecule has 1 amide bonds. The summed E-state index contributed by atoms with van der Waals surface area (Å²) in [5.41, 5.74) is 1.94. The van der Waals surface area contributed by atoms with Crippen molar-refractivity contribution in [3.63, 3.8) is 0 Å². The molecule has 1 saturated heterocycles. The van der Waals surface area contributed by atoms with Gasteiger partial charge in [-0.2, -0.15) is 5.10 Å². The predicted octanol–water partition coefficient (Wildman–Crippen LogP) is 2.74. The van der Waals surface area contributed by atoms with Crippen molar-refractivity contribution < 1.29 is 9.21 Å². The van der Waals surface area contributed by atoms with Crippen LogP contribution in [0.3, 0.4) is 0 Å². The van der Waals surface area contributed by atoms with Crippen molar-refractivity contribution in [2.45, 2.75) is 30.4 Å². The zero-order chi connectivity index (χ0) is 18.5. The van der Waals surface area contributed by atoms with Gasteiger partial charge in [0.25, 0.3) is 5.22 Å². The van der Waals surface area contributed by atoms with E-state index in [1.54, 1.807) is 18.6 Å². The monoisotopic (exact) mass is 384 g/mol. The highest BCUT2D eigenvalue weighted by Crippen LogP contribution is 2.27. The topological polar surface area (TPSA) is 101 Å². The average molecular weight is 384 g/mol. The number of H-pyrrole nitrogens is 1. The van der Waals surface area contributed by atoms with Crippen molar-refractivity contribution >= 4 is 17.7 Å². The Morgan fingerprint density at radius 2 is 2.15 bits per heavy atom. The van der Waals surface area contributed by atoms with Crippen LogP contribution in [-0.4, -0.2) is 55.0 Å². The van der Waals surface area contributed by atoms with E-state index >= 15 is 0 Å². The number of rotatable bonds is 6. The van der Waals surface area contributed by atoms with Crippen molar-refractivity contribution in [1.82, 2.24) is 30.3 Å². The zero-order valence-electron chi connectivity index (χ0n) is 14.7. The summed E-state index contributed by atoms with van der Waals surface area (Å²) in [5.74, 6) is 1.59. The van der Waals surface area contributed by atoms with Crippen LogP contribution in [0.25, 0.3) is 11.5 Å². The summed E-state index contributed by atoms with van der Waals surface area (Å²) in [4.78, 5) is 18.5. The van der Waals surface area contributed by atoms with Crippen LogP contribution in [0, 0.1) is 0 Å². The van der Waals surface area contributed by atoms with Gasteiger partial charge in [0.05, 0.1) is 0 Å². The molecule has 140 valence electrons. The number of pyridine rings is 1. The molecule has 1 atom stereocenters. The number of aromatic amines is 1. The van der Waals surface area contributed by atoms with E-state index in [2.05, 4.69) is 25.4 Å². The van der Waals surface area contributed by atoms with Crippen LogP contribution in [0.4, 0.5) is 0 Å². The van der Waals surface area contributed by atoms with Gasteiger partial charge in [-0.25, -0.2) is 0 Å². The number of piperidine rings is 1. The number of nitrogens with one attached hydrogen (secondary N) is 1. The highest BCUT2D eigenvalue weighted by atomic mass is 32.2. The normalized spacial score (nSPS) is 17.2. The first-order chi connectivity index (χ1) is 13.3. The van der Waals surface area contributed by atoms with Crippen molar-refractivity contribution in [3.05, 3.63) is 42.5 Å². The number of thioether (sulfide) groups is 1. The van der Waals surface area contributed by atoms with Gasteiger partial charge in [-0.3, -0.25) is 14.9 Å². The van der Waals surface area contributed by atoms with Gasteiger partial charge in [-0.05, 0) is 31.0 Å². The second kappa shape index (κ2) is 8.34. The SMILES string of the molecule is O=C(CCSc1nnc(-c2ccncc2)o1)N1CCC[C@@H](c2ccn[nH]2)C1. The number of carbonyl (C=O) groups is 1. The lowest BCUT2D eigenvalue weighted by atomic mass is 9.95. The molecule has 0 bridgehead atoms. The first-order valence-electron chi connectivity index (χ1n) is 8.93. The number of likely N-dealkylation sites (tertiary alicyclic amines) is 1. The van der Waals surface area contributed by atoms with Crippen LogP contribution in [-0.2, 0) is 4.79 Å². The number of hydrogen-bond acceptors (Lipinski definition) is 7. The van der Waals surface area contributed by atoms with Crippen LogP contribution in [0.1, 0.15) is 30.9 Å². The lowest BCUT2D eigenvalue weighted by Crippen LogP contribution is -2.39. The van der Waals surface area contributed by atoms with E-state index in [0.29, 0.717) is 29.2 Å². The molecular weight excluding hydrogens is 364 g/mol. The van der Waals surface area contributed by atoms with Crippen LogP contribution in [0.2, 0.25) is 0 Å². The predicted molar refractivity (Wildman–Crippen MR) is 100 cm³/mol. The molecule has 0 saturated carbocycles. The first kappa shape index (κ1) is 17.7. The third-order valence-electron chi connectivity index (χ3n) is 4.61.